The van der Waals surface area contributed by atoms with Crippen LogP contribution in [0.2, 0.25) is 5.02 Å². The summed E-state index contributed by atoms with van der Waals surface area (Å²) in [7, 11) is 1.66. The van der Waals surface area contributed by atoms with Gasteiger partial charge in [-0.05, 0) is 38.5 Å². The minimum atomic E-state index is -0.127. The second-order valence-corrected chi connectivity index (χ2v) is 6.29. The fraction of sp³-hybridized carbons (Fsp3) is 0.389. The molecule has 0 aliphatic carbocycles. The van der Waals surface area contributed by atoms with Crippen molar-refractivity contribution in [1.29, 1.82) is 0 Å². The van der Waals surface area contributed by atoms with Crippen LogP contribution in [0.25, 0.3) is 0 Å². The Morgan fingerprint density at radius 2 is 2.04 bits per heavy atom. The molecule has 0 saturated carbocycles. The van der Waals surface area contributed by atoms with Crippen LogP contribution in [0.15, 0.2) is 27.6 Å². The van der Waals surface area contributed by atoms with E-state index >= 15 is 0 Å². The molecule has 1 aromatic heterocycles. The van der Waals surface area contributed by atoms with Crippen LogP contribution in [0.4, 0.5) is 5.69 Å². The zero-order valence-electron chi connectivity index (χ0n) is 15.4. The Kier molecular flexibility index (Phi) is 7.03. The highest BCUT2D eigenvalue weighted by Crippen LogP contribution is 2.22. The lowest BCUT2D eigenvalue weighted by molar-refractivity contribution is -0.116. The molecule has 0 spiro atoms. The number of nitrogens with zero attached hydrogens (tertiary/aromatic N) is 2. The molecule has 1 heterocycles. The molecule has 2 aromatic rings. The lowest BCUT2D eigenvalue weighted by Gasteiger charge is -2.11. The first-order chi connectivity index (χ1) is 12.4. The number of amides is 1. The maximum atomic E-state index is 12.0. The predicted octanol–water partition coefficient (Wildman–Crippen LogP) is 2.95. The van der Waals surface area contributed by atoms with E-state index in [1.54, 1.807) is 13.1 Å². The summed E-state index contributed by atoms with van der Waals surface area (Å²) >= 11 is 6.12. The number of carbonyl (C=O) groups is 1. The van der Waals surface area contributed by atoms with Crippen molar-refractivity contribution in [2.75, 3.05) is 18.9 Å². The molecule has 8 heteroatoms. The molecule has 0 bridgehead atoms. The third kappa shape index (κ3) is 5.77. The number of aryl methyl sites for hydroxylation is 3. The maximum Gasteiger partial charge on any atom is 0.226 e. The quantitative estimate of drug-likeness (QED) is 0.531. The number of rotatable bonds is 6. The number of hydrogen-bond donors (Lipinski definition) is 3. The average molecular weight is 378 g/mol. The Hall–Kier alpha value is -2.54. The summed E-state index contributed by atoms with van der Waals surface area (Å²) in [4.78, 5) is 20.5. The highest BCUT2D eigenvalue weighted by molar-refractivity contribution is 6.33. The summed E-state index contributed by atoms with van der Waals surface area (Å²) in [5.41, 5.74) is 2.52. The zero-order valence-corrected chi connectivity index (χ0v) is 16.2. The third-order valence-corrected chi connectivity index (χ3v) is 4.06. The molecule has 0 fully saturated rings. The maximum absolute atomic E-state index is 12.0. The van der Waals surface area contributed by atoms with Crippen LogP contribution in [-0.4, -0.2) is 30.4 Å². The minimum absolute atomic E-state index is 0.127. The van der Waals surface area contributed by atoms with Crippen molar-refractivity contribution >= 4 is 29.2 Å². The molecular formula is C18H24ClN5O2. The van der Waals surface area contributed by atoms with E-state index in [0.717, 1.165) is 17.0 Å². The topological polar surface area (TPSA) is 91.5 Å². The number of hydrogen-bond acceptors (Lipinski definition) is 4. The summed E-state index contributed by atoms with van der Waals surface area (Å²) in [6.45, 7) is 6.56. The van der Waals surface area contributed by atoms with Crippen molar-refractivity contribution in [3.63, 3.8) is 0 Å². The number of aliphatic imine (C=N–C) groups is 1. The van der Waals surface area contributed by atoms with Crippen molar-refractivity contribution in [1.82, 2.24) is 15.6 Å². The number of oxazole rings is 1. The first-order valence-corrected chi connectivity index (χ1v) is 8.70. The molecule has 1 aromatic carbocycles. The van der Waals surface area contributed by atoms with Gasteiger partial charge >= 0.3 is 0 Å². The van der Waals surface area contributed by atoms with E-state index in [2.05, 4.69) is 25.9 Å². The predicted molar refractivity (Wildman–Crippen MR) is 104 cm³/mol. The van der Waals surface area contributed by atoms with Gasteiger partial charge in [0.15, 0.2) is 5.96 Å². The lowest BCUT2D eigenvalue weighted by atomic mass is 10.2. The number of guanidine groups is 1. The molecule has 0 radical (unpaired) electrons. The van der Waals surface area contributed by atoms with Crippen LogP contribution in [0.1, 0.15) is 29.3 Å². The standard InChI is InChI=1S/C18H24ClN5O2/c1-11-5-6-15(14(19)9-11)24-16(25)7-8-21-18(20-4)22-10-17-23-12(2)13(3)26-17/h5-6,9H,7-8,10H2,1-4H3,(H,24,25)(H2,20,21,22). The highest BCUT2D eigenvalue weighted by atomic mass is 35.5. The van der Waals surface area contributed by atoms with Crippen molar-refractivity contribution in [2.45, 2.75) is 33.7 Å². The molecule has 0 aliphatic heterocycles. The summed E-state index contributed by atoms with van der Waals surface area (Å²) in [5, 5.41) is 9.50. The molecule has 7 nitrogen and oxygen atoms in total. The van der Waals surface area contributed by atoms with Gasteiger partial charge in [0.1, 0.15) is 5.76 Å². The van der Waals surface area contributed by atoms with Gasteiger partial charge in [0, 0.05) is 20.0 Å². The van der Waals surface area contributed by atoms with Crippen LogP contribution in [-0.2, 0) is 11.3 Å². The number of carbonyl (C=O) groups excluding carboxylic acids is 1. The van der Waals surface area contributed by atoms with Gasteiger partial charge in [-0.1, -0.05) is 17.7 Å². The van der Waals surface area contributed by atoms with Gasteiger partial charge < -0.3 is 20.4 Å². The van der Waals surface area contributed by atoms with Gasteiger partial charge in [-0.25, -0.2) is 4.98 Å². The van der Waals surface area contributed by atoms with E-state index in [1.165, 1.54) is 0 Å². The second kappa shape index (κ2) is 9.24. The van der Waals surface area contributed by atoms with Crippen LogP contribution in [0, 0.1) is 20.8 Å². The fourth-order valence-corrected chi connectivity index (χ4v) is 2.51. The smallest absolute Gasteiger partial charge is 0.226 e. The molecule has 0 aliphatic rings. The summed E-state index contributed by atoms with van der Waals surface area (Å²) in [6, 6.07) is 5.51. The average Bonchev–Trinajstić information content (AvgIpc) is 2.91. The monoisotopic (exact) mass is 377 g/mol. The SMILES string of the molecule is CN=C(NCCC(=O)Nc1ccc(C)cc1Cl)NCc1nc(C)c(C)o1. The van der Waals surface area contributed by atoms with Crippen molar-refractivity contribution in [3.8, 4) is 0 Å². The van der Waals surface area contributed by atoms with Gasteiger partial charge in [0.2, 0.25) is 11.8 Å². The minimum Gasteiger partial charge on any atom is -0.444 e. The van der Waals surface area contributed by atoms with Crippen LogP contribution in [0.3, 0.4) is 0 Å². The van der Waals surface area contributed by atoms with Gasteiger partial charge in [0.25, 0.3) is 0 Å². The van der Waals surface area contributed by atoms with E-state index in [0.29, 0.717) is 35.6 Å². The Morgan fingerprint density at radius 3 is 2.65 bits per heavy atom. The molecule has 0 unspecified atom stereocenters. The molecule has 3 N–H and O–H groups in total. The second-order valence-electron chi connectivity index (χ2n) is 5.88. The largest absolute Gasteiger partial charge is 0.444 e. The Bertz CT molecular complexity index is 781. The summed E-state index contributed by atoms with van der Waals surface area (Å²) in [5.74, 6) is 1.84. The highest BCUT2D eigenvalue weighted by Gasteiger charge is 2.08. The number of nitrogens with one attached hydrogen (secondary N) is 3. The van der Waals surface area contributed by atoms with E-state index in [9.17, 15) is 4.79 Å². The Balaban J connectivity index is 1.75. The van der Waals surface area contributed by atoms with Crippen molar-refractivity contribution in [2.24, 2.45) is 4.99 Å². The molecule has 0 saturated heterocycles. The third-order valence-electron chi connectivity index (χ3n) is 3.75. The van der Waals surface area contributed by atoms with E-state index < -0.39 is 0 Å². The number of aromatic nitrogens is 1. The van der Waals surface area contributed by atoms with Crippen LogP contribution < -0.4 is 16.0 Å². The molecular weight excluding hydrogens is 354 g/mol. The fourth-order valence-electron chi connectivity index (χ4n) is 2.22. The molecule has 0 atom stereocenters. The zero-order chi connectivity index (χ0) is 19.1. The Labute approximate surface area is 158 Å². The Morgan fingerprint density at radius 1 is 1.27 bits per heavy atom. The first-order valence-electron chi connectivity index (χ1n) is 8.32. The normalized spacial score (nSPS) is 11.3. The number of benzene rings is 1. The molecule has 1 amide bonds. The van der Waals surface area contributed by atoms with Gasteiger partial charge in [-0.3, -0.25) is 9.79 Å². The van der Waals surface area contributed by atoms with Gasteiger partial charge in [-0.15, -0.1) is 0 Å². The van der Waals surface area contributed by atoms with Gasteiger partial charge in [0.05, 0.1) is 22.9 Å². The van der Waals surface area contributed by atoms with Crippen LogP contribution in [0.5, 0.6) is 0 Å². The molecule has 2 rings (SSSR count). The van der Waals surface area contributed by atoms with E-state index in [1.807, 2.05) is 32.9 Å². The van der Waals surface area contributed by atoms with Gasteiger partial charge in [-0.2, -0.15) is 0 Å². The number of anilines is 1. The van der Waals surface area contributed by atoms with E-state index in [4.69, 9.17) is 16.0 Å². The molecule has 26 heavy (non-hydrogen) atoms. The number of halogens is 1. The summed E-state index contributed by atoms with van der Waals surface area (Å²) < 4.78 is 5.50. The lowest BCUT2D eigenvalue weighted by Crippen LogP contribution is -2.38. The van der Waals surface area contributed by atoms with Crippen molar-refractivity contribution < 1.29 is 9.21 Å². The van der Waals surface area contributed by atoms with E-state index in [-0.39, 0.29) is 12.3 Å². The molecule has 140 valence electrons. The van der Waals surface area contributed by atoms with Crippen molar-refractivity contribution in [3.05, 3.63) is 46.1 Å². The van der Waals surface area contributed by atoms with Crippen LogP contribution >= 0.6 is 11.6 Å². The first kappa shape index (κ1) is 19.8. The summed E-state index contributed by atoms with van der Waals surface area (Å²) in [6.07, 6.45) is 0.280.